The van der Waals surface area contributed by atoms with E-state index in [4.69, 9.17) is 4.99 Å². The lowest BCUT2D eigenvalue weighted by Gasteiger charge is -2.24. The summed E-state index contributed by atoms with van der Waals surface area (Å²) in [6, 6.07) is 6.49. The molecule has 0 atom stereocenters. The molecule has 0 aliphatic heterocycles. The molecular weight excluding hydrogens is 306 g/mol. The lowest BCUT2D eigenvalue weighted by molar-refractivity contribution is 0.394. The molecule has 1 aromatic carbocycles. The molecule has 0 saturated carbocycles. The smallest absolute Gasteiger partial charge is 0.0704 e. The van der Waals surface area contributed by atoms with Gasteiger partial charge in [0.25, 0.3) is 0 Å². The van der Waals surface area contributed by atoms with E-state index in [1.54, 1.807) is 0 Å². The zero-order valence-electron chi connectivity index (χ0n) is 16.3. The summed E-state index contributed by atoms with van der Waals surface area (Å²) in [6.07, 6.45) is 6.35. The highest BCUT2D eigenvalue weighted by atomic mass is 15.1. The molecule has 0 saturated heterocycles. The monoisotopic (exact) mass is 337 g/mol. The van der Waals surface area contributed by atoms with Crippen molar-refractivity contribution < 1.29 is 0 Å². The summed E-state index contributed by atoms with van der Waals surface area (Å²) in [4.78, 5) is 9.52. The van der Waals surface area contributed by atoms with Gasteiger partial charge >= 0.3 is 0 Å². The Kier molecular flexibility index (Phi) is 6.63. The van der Waals surface area contributed by atoms with Gasteiger partial charge in [0, 0.05) is 37.6 Å². The van der Waals surface area contributed by atoms with Crippen molar-refractivity contribution in [3.05, 3.63) is 59.8 Å². The van der Waals surface area contributed by atoms with E-state index in [0.29, 0.717) is 0 Å². The number of rotatable bonds is 7. The van der Waals surface area contributed by atoms with Crippen LogP contribution in [-0.2, 0) is 0 Å². The van der Waals surface area contributed by atoms with Crippen LogP contribution in [0.2, 0.25) is 0 Å². The summed E-state index contributed by atoms with van der Waals surface area (Å²) < 4.78 is 0. The minimum atomic E-state index is 0.939. The van der Waals surface area contributed by atoms with Crippen molar-refractivity contribution in [2.24, 2.45) is 4.99 Å². The number of anilines is 1. The highest BCUT2D eigenvalue weighted by Gasteiger charge is 2.12. The lowest BCUT2D eigenvalue weighted by Crippen LogP contribution is -2.23. The topological polar surface area (TPSA) is 18.8 Å². The molecule has 0 radical (unpaired) electrons. The van der Waals surface area contributed by atoms with Crippen LogP contribution in [0.4, 0.5) is 11.4 Å². The molecule has 0 N–H and O–H groups in total. The van der Waals surface area contributed by atoms with Crippen LogP contribution in [0.5, 0.6) is 0 Å². The van der Waals surface area contributed by atoms with Gasteiger partial charge in [0.1, 0.15) is 0 Å². The van der Waals surface area contributed by atoms with E-state index in [1.807, 2.05) is 0 Å². The van der Waals surface area contributed by atoms with Gasteiger partial charge in [-0.05, 0) is 82.2 Å². The predicted molar refractivity (Wildman–Crippen MR) is 111 cm³/mol. The number of aliphatic imine (C=N–C) groups is 1. The molecule has 1 aliphatic carbocycles. The van der Waals surface area contributed by atoms with Crippen LogP contribution in [0.25, 0.3) is 0 Å². The van der Waals surface area contributed by atoms with E-state index in [2.05, 4.69) is 87.4 Å². The van der Waals surface area contributed by atoms with E-state index in [0.717, 1.165) is 43.2 Å². The van der Waals surface area contributed by atoms with Gasteiger partial charge in [-0.15, -0.1) is 0 Å². The summed E-state index contributed by atoms with van der Waals surface area (Å²) in [5, 5.41) is 0. The largest absolute Gasteiger partial charge is 0.372 e. The van der Waals surface area contributed by atoms with Crippen molar-refractivity contribution in [1.29, 1.82) is 0 Å². The molecule has 1 aromatic rings. The van der Waals surface area contributed by atoms with Crippen LogP contribution >= 0.6 is 0 Å². The van der Waals surface area contributed by atoms with Gasteiger partial charge in [0.05, 0.1) is 11.4 Å². The number of benzene rings is 1. The average Bonchev–Trinajstić information content (AvgIpc) is 2.61. The molecule has 0 heterocycles. The Balaban J connectivity index is 2.25. The second-order valence-electron chi connectivity index (χ2n) is 6.24. The molecule has 134 valence electrons. The zero-order chi connectivity index (χ0) is 18.4. The standard InChI is InChI=1S/C22H31N3/c1-7-24(8-2)19-11-13-21(17(5)15-19)23-22-14-12-20(16-18(22)6)25(9-3)10-4/h11-16H,5,7-10H2,1-4,6H3/b23-21-. The Bertz CT molecular complexity index is 702. The normalized spacial score (nSPS) is 15.5. The van der Waals surface area contributed by atoms with E-state index in [9.17, 15) is 0 Å². The van der Waals surface area contributed by atoms with Crippen LogP contribution in [0.1, 0.15) is 33.3 Å². The first-order valence-electron chi connectivity index (χ1n) is 9.32. The minimum absolute atomic E-state index is 0.939. The summed E-state index contributed by atoms with van der Waals surface area (Å²) in [5.41, 5.74) is 6.58. The van der Waals surface area contributed by atoms with Crippen molar-refractivity contribution in [2.75, 3.05) is 31.1 Å². The van der Waals surface area contributed by atoms with Gasteiger partial charge in [0.2, 0.25) is 0 Å². The van der Waals surface area contributed by atoms with Gasteiger partial charge in [-0.25, -0.2) is 4.99 Å². The van der Waals surface area contributed by atoms with E-state index in [1.165, 1.54) is 16.9 Å². The molecule has 0 spiro atoms. The number of nitrogens with zero attached hydrogens (tertiary/aromatic N) is 3. The molecular formula is C22H31N3. The molecule has 3 heteroatoms. The first kappa shape index (κ1) is 19.0. The maximum Gasteiger partial charge on any atom is 0.0704 e. The quantitative estimate of drug-likeness (QED) is 0.675. The van der Waals surface area contributed by atoms with Crippen molar-refractivity contribution in [3.8, 4) is 0 Å². The SMILES string of the molecule is C=C1C=C(N(CC)CC)C=C/C1=N/c1ccc(N(CC)CC)cc1C. The van der Waals surface area contributed by atoms with Crippen LogP contribution < -0.4 is 4.90 Å². The fourth-order valence-corrected chi connectivity index (χ4v) is 3.15. The summed E-state index contributed by atoms with van der Waals surface area (Å²) in [6.45, 7) is 19.1. The number of hydrogen-bond donors (Lipinski definition) is 0. The van der Waals surface area contributed by atoms with Crippen molar-refractivity contribution in [2.45, 2.75) is 34.6 Å². The fraction of sp³-hybridized carbons (Fsp3) is 0.409. The number of likely N-dealkylation sites (N-methyl/N-ethyl adjacent to an activating group) is 1. The Hall–Kier alpha value is -2.29. The maximum absolute atomic E-state index is 4.84. The van der Waals surface area contributed by atoms with Crippen molar-refractivity contribution in [1.82, 2.24) is 4.90 Å². The molecule has 3 nitrogen and oxygen atoms in total. The summed E-state index contributed by atoms with van der Waals surface area (Å²) >= 11 is 0. The van der Waals surface area contributed by atoms with Gasteiger partial charge in [-0.1, -0.05) is 6.58 Å². The number of allylic oxidation sites excluding steroid dienone is 4. The zero-order valence-corrected chi connectivity index (χ0v) is 16.3. The van der Waals surface area contributed by atoms with E-state index >= 15 is 0 Å². The average molecular weight is 338 g/mol. The van der Waals surface area contributed by atoms with Crippen LogP contribution in [0.15, 0.2) is 59.3 Å². The maximum atomic E-state index is 4.84. The number of hydrogen-bond acceptors (Lipinski definition) is 3. The lowest BCUT2D eigenvalue weighted by atomic mass is 10.0. The van der Waals surface area contributed by atoms with E-state index < -0.39 is 0 Å². The first-order valence-corrected chi connectivity index (χ1v) is 9.32. The Morgan fingerprint density at radius 1 is 0.920 bits per heavy atom. The third-order valence-corrected chi connectivity index (χ3v) is 4.74. The molecule has 0 fully saturated rings. The Morgan fingerprint density at radius 3 is 2.08 bits per heavy atom. The second kappa shape index (κ2) is 8.70. The molecule has 25 heavy (non-hydrogen) atoms. The van der Waals surface area contributed by atoms with Gasteiger partial charge in [-0.2, -0.15) is 0 Å². The van der Waals surface area contributed by atoms with Crippen LogP contribution in [0.3, 0.4) is 0 Å². The second-order valence-corrected chi connectivity index (χ2v) is 6.24. The molecule has 2 rings (SSSR count). The van der Waals surface area contributed by atoms with Gasteiger partial charge in [0.15, 0.2) is 0 Å². The number of aryl methyl sites for hydroxylation is 1. The molecule has 1 aliphatic rings. The highest BCUT2D eigenvalue weighted by Crippen LogP contribution is 2.27. The summed E-state index contributed by atoms with van der Waals surface area (Å²) in [5.74, 6) is 0. The first-order chi connectivity index (χ1) is 12.0. The molecule has 0 unspecified atom stereocenters. The third-order valence-electron chi connectivity index (χ3n) is 4.74. The third kappa shape index (κ3) is 4.41. The fourth-order valence-electron chi connectivity index (χ4n) is 3.15. The van der Waals surface area contributed by atoms with Crippen molar-refractivity contribution >= 4 is 17.1 Å². The minimum Gasteiger partial charge on any atom is -0.372 e. The van der Waals surface area contributed by atoms with Gasteiger partial charge < -0.3 is 9.80 Å². The van der Waals surface area contributed by atoms with Crippen molar-refractivity contribution in [3.63, 3.8) is 0 Å². The summed E-state index contributed by atoms with van der Waals surface area (Å²) in [7, 11) is 0. The van der Waals surface area contributed by atoms with Crippen LogP contribution in [-0.4, -0.2) is 36.8 Å². The molecule has 0 amide bonds. The van der Waals surface area contributed by atoms with E-state index in [-0.39, 0.29) is 0 Å². The van der Waals surface area contributed by atoms with Crippen LogP contribution in [0, 0.1) is 6.92 Å². The Morgan fingerprint density at radius 2 is 1.56 bits per heavy atom. The molecule has 0 bridgehead atoms. The van der Waals surface area contributed by atoms with Gasteiger partial charge in [-0.3, -0.25) is 0 Å². The predicted octanol–water partition coefficient (Wildman–Crippen LogP) is 5.27. The Labute approximate surface area is 153 Å². The highest BCUT2D eigenvalue weighted by molar-refractivity contribution is 6.12. The molecule has 0 aromatic heterocycles.